The Morgan fingerprint density at radius 1 is 1.61 bits per heavy atom. The number of thioether (sulfide) groups is 1. The third-order valence-electron chi connectivity index (χ3n) is 3.97. The van der Waals surface area contributed by atoms with Crippen molar-refractivity contribution in [3.05, 3.63) is 12.2 Å². The minimum absolute atomic E-state index is 0.192. The summed E-state index contributed by atoms with van der Waals surface area (Å²) in [5, 5.41) is 21.3. The van der Waals surface area contributed by atoms with Crippen LogP contribution < -0.4 is 0 Å². The van der Waals surface area contributed by atoms with Crippen LogP contribution in [-0.4, -0.2) is 52.3 Å². The van der Waals surface area contributed by atoms with Gasteiger partial charge in [-0.15, -0.1) is 0 Å². The number of fused-ring (bicyclic) bond motifs is 2. The number of hydrogen-bond acceptors (Lipinski definition) is 6. The zero-order valence-electron chi connectivity index (χ0n) is 10.3. The van der Waals surface area contributed by atoms with E-state index in [1.54, 1.807) is 12.3 Å². The summed E-state index contributed by atoms with van der Waals surface area (Å²) in [6.07, 6.45) is 4.83. The fraction of sp³-hybridized carbons (Fsp3) is 0.667. The largest absolute Gasteiger partial charge is 0.469 e. The zero-order chi connectivity index (χ0) is 13.6. The molecule has 2 N–H and O–H groups in total. The van der Waals surface area contributed by atoms with Gasteiger partial charge in [-0.1, -0.05) is 6.08 Å². The Balaban J connectivity index is 2.50. The standard InChI is InChI=1S/C12H16O5S/c1-17-10(14)8-5-7-3-4-9(13)12(8,16)11(7,15)6-18-2/h3-4,7-8,15-16H,5-6H2,1-2H3/t7-,8-,11+,12+/m1/s1. The van der Waals surface area contributed by atoms with Gasteiger partial charge in [0.1, 0.15) is 5.60 Å². The summed E-state index contributed by atoms with van der Waals surface area (Å²) in [7, 11) is 1.21. The Morgan fingerprint density at radius 2 is 2.28 bits per heavy atom. The van der Waals surface area contributed by atoms with Gasteiger partial charge in [0.2, 0.25) is 0 Å². The van der Waals surface area contributed by atoms with Crippen LogP contribution in [0.1, 0.15) is 6.42 Å². The maximum atomic E-state index is 12.0. The van der Waals surface area contributed by atoms with Crippen molar-refractivity contribution in [3.8, 4) is 0 Å². The first-order valence-corrected chi connectivity index (χ1v) is 7.05. The van der Waals surface area contributed by atoms with Gasteiger partial charge in [-0.25, -0.2) is 0 Å². The van der Waals surface area contributed by atoms with Crippen molar-refractivity contribution in [2.24, 2.45) is 11.8 Å². The van der Waals surface area contributed by atoms with E-state index >= 15 is 0 Å². The third kappa shape index (κ3) is 1.49. The summed E-state index contributed by atoms with van der Waals surface area (Å²) in [5.74, 6) is -2.50. The van der Waals surface area contributed by atoms with Crippen LogP contribution in [0, 0.1) is 11.8 Å². The molecule has 0 aromatic heterocycles. The van der Waals surface area contributed by atoms with Crippen molar-refractivity contribution in [1.29, 1.82) is 0 Å². The summed E-state index contributed by atoms with van der Waals surface area (Å²) in [6, 6.07) is 0. The molecule has 2 aliphatic rings. The van der Waals surface area contributed by atoms with E-state index in [0.29, 0.717) is 0 Å². The fourth-order valence-corrected chi connectivity index (χ4v) is 3.88. The summed E-state index contributed by atoms with van der Waals surface area (Å²) < 4.78 is 4.63. The van der Waals surface area contributed by atoms with Crippen molar-refractivity contribution >= 4 is 23.5 Å². The first-order chi connectivity index (χ1) is 8.41. The molecule has 1 fully saturated rings. The highest BCUT2D eigenvalue weighted by Crippen LogP contribution is 2.52. The van der Waals surface area contributed by atoms with Crippen LogP contribution >= 0.6 is 11.8 Å². The normalized spacial score (nSPS) is 42.1. The molecular weight excluding hydrogens is 256 g/mol. The van der Waals surface area contributed by atoms with Crippen LogP contribution in [0.3, 0.4) is 0 Å². The van der Waals surface area contributed by atoms with Crippen molar-refractivity contribution in [1.82, 2.24) is 0 Å². The van der Waals surface area contributed by atoms with E-state index in [1.807, 2.05) is 0 Å². The van der Waals surface area contributed by atoms with E-state index in [9.17, 15) is 19.8 Å². The Bertz CT molecular complexity index is 421. The Morgan fingerprint density at radius 3 is 2.83 bits per heavy atom. The van der Waals surface area contributed by atoms with Gasteiger partial charge in [0.25, 0.3) is 0 Å². The summed E-state index contributed by atoms with van der Waals surface area (Å²) in [5.41, 5.74) is -3.67. The number of rotatable bonds is 3. The molecule has 2 bridgehead atoms. The molecule has 0 aromatic carbocycles. The molecular formula is C12H16O5S. The van der Waals surface area contributed by atoms with Gasteiger partial charge >= 0.3 is 5.97 Å². The topological polar surface area (TPSA) is 83.8 Å². The van der Waals surface area contributed by atoms with Crippen LogP contribution in [0.15, 0.2) is 12.2 Å². The van der Waals surface area contributed by atoms with Gasteiger partial charge in [-0.2, -0.15) is 11.8 Å². The van der Waals surface area contributed by atoms with Crippen molar-refractivity contribution in [2.45, 2.75) is 17.6 Å². The Hall–Kier alpha value is -0.850. The minimum atomic E-state index is -2.07. The molecule has 2 aliphatic carbocycles. The quantitative estimate of drug-likeness (QED) is 0.690. The number of carbonyl (C=O) groups excluding carboxylic acids is 2. The number of hydrogen-bond donors (Lipinski definition) is 2. The first kappa shape index (κ1) is 13.6. The molecule has 0 spiro atoms. The van der Waals surface area contributed by atoms with E-state index < -0.39 is 34.8 Å². The average molecular weight is 272 g/mol. The number of esters is 1. The number of ketones is 1. The molecule has 1 saturated carbocycles. The summed E-state index contributed by atoms with van der Waals surface area (Å²) >= 11 is 1.33. The van der Waals surface area contributed by atoms with E-state index in [2.05, 4.69) is 4.74 Å². The van der Waals surface area contributed by atoms with Gasteiger partial charge in [0, 0.05) is 11.7 Å². The van der Waals surface area contributed by atoms with Crippen LogP contribution in [-0.2, 0) is 14.3 Å². The van der Waals surface area contributed by atoms with Crippen molar-refractivity contribution in [3.63, 3.8) is 0 Å². The molecule has 0 heterocycles. The first-order valence-electron chi connectivity index (χ1n) is 5.66. The number of methoxy groups -OCH3 is 1. The second kappa shape index (κ2) is 4.36. The van der Waals surface area contributed by atoms with Gasteiger partial charge in [-0.05, 0) is 18.8 Å². The summed E-state index contributed by atoms with van der Waals surface area (Å²) in [6.45, 7) is 0. The molecule has 0 aliphatic heterocycles. The van der Waals surface area contributed by atoms with Gasteiger partial charge in [-0.3, -0.25) is 9.59 Å². The summed E-state index contributed by atoms with van der Waals surface area (Å²) in [4.78, 5) is 23.7. The lowest BCUT2D eigenvalue weighted by atomic mass is 9.73. The Kier molecular flexibility index (Phi) is 3.29. The van der Waals surface area contributed by atoms with Crippen LogP contribution in [0.25, 0.3) is 0 Å². The highest BCUT2D eigenvalue weighted by Gasteiger charge is 2.70. The molecule has 0 unspecified atom stereocenters. The maximum absolute atomic E-state index is 12.0. The molecule has 100 valence electrons. The number of carbonyl (C=O) groups is 2. The van der Waals surface area contributed by atoms with Gasteiger partial charge in [0.15, 0.2) is 11.4 Å². The van der Waals surface area contributed by atoms with Crippen molar-refractivity contribution < 1.29 is 24.5 Å². The van der Waals surface area contributed by atoms with Gasteiger partial charge < -0.3 is 14.9 Å². The van der Waals surface area contributed by atoms with Crippen LogP contribution in [0.5, 0.6) is 0 Å². The lowest BCUT2D eigenvalue weighted by molar-refractivity contribution is -0.181. The molecule has 18 heavy (non-hydrogen) atoms. The molecule has 5 nitrogen and oxygen atoms in total. The lowest BCUT2D eigenvalue weighted by Gasteiger charge is -2.42. The Labute approximate surface area is 109 Å². The van der Waals surface area contributed by atoms with Gasteiger partial charge in [0.05, 0.1) is 13.0 Å². The zero-order valence-corrected chi connectivity index (χ0v) is 11.1. The molecule has 6 heteroatoms. The van der Waals surface area contributed by atoms with E-state index in [-0.39, 0.29) is 12.2 Å². The molecule has 0 saturated heterocycles. The molecule has 0 amide bonds. The van der Waals surface area contributed by atoms with Crippen LogP contribution in [0.2, 0.25) is 0 Å². The second-order valence-corrected chi connectivity index (χ2v) is 5.63. The SMILES string of the molecule is COC(=O)[C@H]1C[C@H]2C=CC(=O)[C@]1(O)[C@]2(O)CSC. The minimum Gasteiger partial charge on any atom is -0.469 e. The lowest BCUT2D eigenvalue weighted by Crippen LogP contribution is -2.64. The smallest absolute Gasteiger partial charge is 0.312 e. The predicted octanol–water partition coefficient (Wildman–Crippen LogP) is -0.240. The predicted molar refractivity (Wildman–Crippen MR) is 66.0 cm³/mol. The monoisotopic (exact) mass is 272 g/mol. The second-order valence-electron chi connectivity index (χ2n) is 4.76. The van der Waals surface area contributed by atoms with E-state index in [0.717, 1.165) is 0 Å². The number of aliphatic hydroxyl groups is 2. The molecule has 0 radical (unpaired) electrons. The van der Waals surface area contributed by atoms with Crippen LogP contribution in [0.4, 0.5) is 0 Å². The third-order valence-corrected chi connectivity index (χ3v) is 4.70. The average Bonchev–Trinajstić information content (AvgIpc) is 2.46. The van der Waals surface area contributed by atoms with Crippen molar-refractivity contribution in [2.75, 3.05) is 19.1 Å². The molecule has 4 atom stereocenters. The maximum Gasteiger partial charge on any atom is 0.312 e. The molecule has 0 aromatic rings. The fourth-order valence-electron chi connectivity index (χ4n) is 3.00. The molecule has 2 rings (SSSR count). The highest BCUT2D eigenvalue weighted by molar-refractivity contribution is 7.98. The van der Waals surface area contributed by atoms with E-state index in [4.69, 9.17) is 0 Å². The number of ether oxygens (including phenoxy) is 1. The van der Waals surface area contributed by atoms with E-state index in [1.165, 1.54) is 24.9 Å². The highest BCUT2D eigenvalue weighted by atomic mass is 32.2.